The third kappa shape index (κ3) is 6.27. The lowest BCUT2D eigenvalue weighted by Crippen LogP contribution is -2.32. The molecule has 37 heavy (non-hydrogen) atoms. The second-order valence-corrected chi connectivity index (χ2v) is 10.5. The molecule has 0 unspecified atom stereocenters. The summed E-state index contributed by atoms with van der Waals surface area (Å²) in [6, 6.07) is 13.9. The van der Waals surface area contributed by atoms with Gasteiger partial charge in [-0.15, -0.1) is 0 Å². The maximum Gasteiger partial charge on any atom is 0.283 e. The Labute approximate surface area is 222 Å². The average molecular weight is 564 g/mol. The minimum Gasteiger partial charge on any atom is -0.489 e. The molecule has 12 heteroatoms. The van der Waals surface area contributed by atoms with Gasteiger partial charge in [0.2, 0.25) is 0 Å². The SMILES string of the molecule is Cc1noc(C)c1S(=O)(=O)NC(=O)c1cccc(Cc2cc(Cl)ccc2OCc2ccc(Cl)cc2F)n1. The Bertz CT molecular complexity index is 1570. The van der Waals surface area contributed by atoms with Crippen LogP contribution in [0.2, 0.25) is 10.0 Å². The van der Waals surface area contributed by atoms with Gasteiger partial charge in [-0.25, -0.2) is 22.5 Å². The molecular weight excluding hydrogens is 544 g/mol. The molecule has 0 fully saturated rings. The van der Waals surface area contributed by atoms with Gasteiger partial charge in [0, 0.05) is 33.3 Å². The molecule has 0 spiro atoms. The first-order valence-electron chi connectivity index (χ1n) is 10.8. The highest BCUT2D eigenvalue weighted by Gasteiger charge is 2.27. The van der Waals surface area contributed by atoms with Gasteiger partial charge in [-0.2, -0.15) is 0 Å². The molecule has 0 aliphatic rings. The number of amides is 1. The molecule has 2 heterocycles. The Morgan fingerprint density at radius 3 is 2.49 bits per heavy atom. The zero-order valence-corrected chi connectivity index (χ0v) is 21.9. The van der Waals surface area contributed by atoms with Gasteiger partial charge in [-0.1, -0.05) is 40.5 Å². The standard InChI is InChI=1S/C25H20Cl2FN3O5S/c1-14-24(15(2)36-30-14)37(33,34)31-25(32)22-5-3-4-20(29-22)11-17-10-18(26)8-9-23(17)35-13-16-6-7-19(27)12-21(16)28/h3-10,12H,11,13H2,1-2H3,(H,31,32). The average Bonchev–Trinajstić information content (AvgIpc) is 3.18. The van der Waals surface area contributed by atoms with Gasteiger partial charge in [0.15, 0.2) is 10.7 Å². The lowest BCUT2D eigenvalue weighted by atomic mass is 10.1. The second-order valence-electron chi connectivity index (χ2n) is 8.06. The highest BCUT2D eigenvalue weighted by Crippen LogP contribution is 2.27. The van der Waals surface area contributed by atoms with Crippen LogP contribution < -0.4 is 9.46 Å². The maximum absolute atomic E-state index is 14.2. The number of sulfonamides is 1. The number of rotatable bonds is 8. The summed E-state index contributed by atoms with van der Waals surface area (Å²) in [7, 11) is -4.22. The molecule has 4 rings (SSSR count). The van der Waals surface area contributed by atoms with E-state index in [2.05, 4.69) is 10.1 Å². The molecule has 0 bridgehead atoms. The highest BCUT2D eigenvalue weighted by molar-refractivity contribution is 7.90. The third-order valence-corrected chi connectivity index (χ3v) is 7.34. The number of ether oxygens (including phenoxy) is 1. The molecule has 0 aliphatic heterocycles. The summed E-state index contributed by atoms with van der Waals surface area (Å²) in [4.78, 5) is 16.8. The smallest absolute Gasteiger partial charge is 0.283 e. The Balaban J connectivity index is 1.53. The Morgan fingerprint density at radius 1 is 1.05 bits per heavy atom. The van der Waals surface area contributed by atoms with E-state index in [4.69, 9.17) is 32.5 Å². The number of aromatic nitrogens is 2. The van der Waals surface area contributed by atoms with E-state index in [0.29, 0.717) is 27.6 Å². The van der Waals surface area contributed by atoms with Crippen molar-refractivity contribution in [3.8, 4) is 5.75 Å². The van der Waals surface area contributed by atoms with Crippen LogP contribution in [0.1, 0.15) is 38.8 Å². The fraction of sp³-hybridized carbons (Fsp3) is 0.160. The number of nitrogens with zero attached hydrogens (tertiary/aromatic N) is 2. The number of pyridine rings is 1. The molecular formula is C25H20Cl2FN3O5S. The van der Waals surface area contributed by atoms with Crippen molar-refractivity contribution in [3.63, 3.8) is 0 Å². The predicted octanol–water partition coefficient (Wildman–Crippen LogP) is 5.42. The quantitative estimate of drug-likeness (QED) is 0.304. The van der Waals surface area contributed by atoms with E-state index in [1.54, 1.807) is 36.4 Å². The van der Waals surface area contributed by atoms with E-state index >= 15 is 0 Å². The number of carbonyl (C=O) groups is 1. The first kappa shape index (κ1) is 26.6. The summed E-state index contributed by atoms with van der Waals surface area (Å²) in [6.45, 7) is 2.84. The number of hydrogen-bond donors (Lipinski definition) is 1. The normalized spacial score (nSPS) is 11.4. The summed E-state index contributed by atoms with van der Waals surface area (Å²) >= 11 is 12.0. The number of carbonyl (C=O) groups excluding carboxylic acids is 1. The Morgan fingerprint density at radius 2 is 1.78 bits per heavy atom. The topological polar surface area (TPSA) is 111 Å². The van der Waals surface area contributed by atoms with E-state index in [0.717, 1.165) is 0 Å². The number of halogens is 3. The summed E-state index contributed by atoms with van der Waals surface area (Å²) in [5.41, 5.74) is 1.43. The molecule has 1 N–H and O–H groups in total. The van der Waals surface area contributed by atoms with Crippen LogP contribution in [0.4, 0.5) is 4.39 Å². The lowest BCUT2D eigenvalue weighted by molar-refractivity contribution is 0.0976. The van der Waals surface area contributed by atoms with Crippen LogP contribution in [0.3, 0.4) is 0 Å². The van der Waals surface area contributed by atoms with Crippen molar-refractivity contribution < 1.29 is 26.9 Å². The number of hydrogen-bond acceptors (Lipinski definition) is 7. The maximum atomic E-state index is 14.2. The zero-order chi connectivity index (χ0) is 26.7. The van der Waals surface area contributed by atoms with Crippen LogP contribution in [0.25, 0.3) is 0 Å². The fourth-order valence-electron chi connectivity index (χ4n) is 3.60. The Kier molecular flexibility index (Phi) is 7.82. The Hall–Kier alpha value is -3.47. The van der Waals surface area contributed by atoms with Gasteiger partial charge >= 0.3 is 0 Å². The van der Waals surface area contributed by atoms with Gasteiger partial charge < -0.3 is 9.26 Å². The predicted molar refractivity (Wildman–Crippen MR) is 135 cm³/mol. The van der Waals surface area contributed by atoms with Crippen molar-refractivity contribution in [2.75, 3.05) is 0 Å². The molecule has 2 aromatic heterocycles. The van der Waals surface area contributed by atoms with Crippen LogP contribution >= 0.6 is 23.2 Å². The van der Waals surface area contributed by atoms with E-state index in [1.807, 2.05) is 4.72 Å². The van der Waals surface area contributed by atoms with E-state index in [-0.39, 0.29) is 40.1 Å². The fourth-order valence-corrected chi connectivity index (χ4v) is 5.25. The molecule has 0 aliphatic carbocycles. The van der Waals surface area contributed by atoms with Crippen molar-refractivity contribution >= 4 is 39.1 Å². The van der Waals surface area contributed by atoms with Crippen LogP contribution in [0, 0.1) is 19.7 Å². The number of benzene rings is 2. The van der Waals surface area contributed by atoms with Gasteiger partial charge in [0.05, 0.1) is 0 Å². The summed E-state index contributed by atoms with van der Waals surface area (Å²) in [5.74, 6) is -0.902. The monoisotopic (exact) mass is 563 g/mol. The van der Waals surface area contributed by atoms with Gasteiger partial charge in [0.1, 0.15) is 29.6 Å². The summed E-state index contributed by atoms with van der Waals surface area (Å²) in [5, 5.41) is 4.34. The van der Waals surface area contributed by atoms with E-state index in [9.17, 15) is 17.6 Å². The molecule has 4 aromatic rings. The summed E-state index contributed by atoms with van der Waals surface area (Å²) in [6.07, 6.45) is 0.205. The van der Waals surface area contributed by atoms with Gasteiger partial charge in [-0.3, -0.25) is 4.79 Å². The van der Waals surface area contributed by atoms with E-state index < -0.39 is 21.7 Å². The largest absolute Gasteiger partial charge is 0.489 e. The highest BCUT2D eigenvalue weighted by atomic mass is 35.5. The van der Waals surface area contributed by atoms with Crippen LogP contribution in [-0.2, 0) is 23.1 Å². The molecule has 0 atom stereocenters. The van der Waals surface area contributed by atoms with Crippen molar-refractivity contribution in [2.45, 2.75) is 31.8 Å². The molecule has 192 valence electrons. The molecule has 0 radical (unpaired) electrons. The van der Waals surface area contributed by atoms with Gasteiger partial charge in [-0.05, 0) is 56.3 Å². The van der Waals surface area contributed by atoms with Crippen molar-refractivity contribution in [1.82, 2.24) is 14.9 Å². The minimum absolute atomic E-state index is 0.0485. The van der Waals surface area contributed by atoms with Crippen molar-refractivity contribution in [2.24, 2.45) is 0 Å². The molecule has 0 saturated carbocycles. The lowest BCUT2D eigenvalue weighted by Gasteiger charge is -2.13. The third-order valence-electron chi connectivity index (χ3n) is 5.30. The van der Waals surface area contributed by atoms with Crippen molar-refractivity contribution in [1.29, 1.82) is 0 Å². The van der Waals surface area contributed by atoms with E-state index in [1.165, 1.54) is 32.0 Å². The molecule has 2 aromatic carbocycles. The van der Waals surface area contributed by atoms with Crippen LogP contribution in [0.15, 0.2) is 64.0 Å². The molecule has 0 saturated heterocycles. The second kappa shape index (κ2) is 10.9. The molecule has 8 nitrogen and oxygen atoms in total. The number of aryl methyl sites for hydroxylation is 2. The first-order chi connectivity index (χ1) is 17.5. The first-order valence-corrected chi connectivity index (χ1v) is 13.1. The minimum atomic E-state index is -4.22. The van der Waals surface area contributed by atoms with Crippen LogP contribution in [0.5, 0.6) is 5.75 Å². The number of nitrogens with one attached hydrogen (secondary N) is 1. The van der Waals surface area contributed by atoms with Crippen molar-refractivity contribution in [3.05, 3.63) is 104 Å². The molecule has 1 amide bonds. The summed E-state index contributed by atoms with van der Waals surface area (Å²) < 4.78 is 52.2. The zero-order valence-electron chi connectivity index (χ0n) is 19.6. The van der Waals surface area contributed by atoms with Gasteiger partial charge in [0.25, 0.3) is 15.9 Å². The van der Waals surface area contributed by atoms with Crippen LogP contribution in [-0.4, -0.2) is 24.5 Å².